The van der Waals surface area contributed by atoms with E-state index in [1.54, 1.807) is 16.7 Å². The highest BCUT2D eigenvalue weighted by atomic mass is 32.2. The third kappa shape index (κ3) is 7.58. The fraction of sp³-hybridized carbons (Fsp3) is 0.417. The lowest BCUT2D eigenvalue weighted by molar-refractivity contribution is -0.138. The van der Waals surface area contributed by atoms with E-state index >= 15 is 0 Å². The van der Waals surface area contributed by atoms with E-state index in [9.17, 15) is 9.59 Å². The molecular formula is C24H32N2O2S. The molecular weight excluding hydrogens is 380 g/mol. The Morgan fingerprint density at radius 2 is 1.66 bits per heavy atom. The first-order valence-corrected chi connectivity index (χ1v) is 11.3. The molecule has 2 amide bonds. The van der Waals surface area contributed by atoms with Gasteiger partial charge in [0.25, 0.3) is 0 Å². The molecule has 0 fully saturated rings. The van der Waals surface area contributed by atoms with Gasteiger partial charge in [-0.3, -0.25) is 9.59 Å². The first-order valence-electron chi connectivity index (χ1n) is 10.2. The minimum Gasteiger partial charge on any atom is -0.352 e. The second-order valence-corrected chi connectivity index (χ2v) is 8.47. The number of amides is 2. The molecule has 0 spiro atoms. The number of nitrogens with zero attached hydrogens (tertiary/aromatic N) is 1. The van der Waals surface area contributed by atoms with Crippen LogP contribution in [0.5, 0.6) is 0 Å². The standard InChI is InChI=1S/C24H32N2O2S/c1-5-19(3)25-24(28)20(4)26(15-21-13-11-18(2)12-14-21)23(27)17-29-16-22-9-7-6-8-10-22/h6-14,19-20H,5,15-17H2,1-4H3,(H,25,28)/t19-,20-/m0/s1. The highest BCUT2D eigenvalue weighted by Gasteiger charge is 2.26. The summed E-state index contributed by atoms with van der Waals surface area (Å²) < 4.78 is 0. The van der Waals surface area contributed by atoms with Gasteiger partial charge in [0, 0.05) is 18.3 Å². The number of aryl methyl sites for hydroxylation is 1. The largest absolute Gasteiger partial charge is 0.352 e. The highest BCUT2D eigenvalue weighted by Crippen LogP contribution is 2.16. The molecule has 2 aromatic carbocycles. The zero-order chi connectivity index (χ0) is 21.2. The van der Waals surface area contributed by atoms with Gasteiger partial charge >= 0.3 is 0 Å². The van der Waals surface area contributed by atoms with Crippen molar-refractivity contribution in [2.24, 2.45) is 0 Å². The zero-order valence-corrected chi connectivity index (χ0v) is 18.7. The zero-order valence-electron chi connectivity index (χ0n) is 17.9. The second kappa shape index (κ2) is 11.7. The van der Waals surface area contributed by atoms with Gasteiger partial charge in [-0.05, 0) is 38.3 Å². The number of thioether (sulfide) groups is 1. The predicted octanol–water partition coefficient (Wildman–Crippen LogP) is 4.56. The SMILES string of the molecule is CC[C@H](C)NC(=O)[C@H](C)N(Cc1ccc(C)cc1)C(=O)CSCc1ccccc1. The van der Waals surface area contributed by atoms with E-state index in [-0.39, 0.29) is 17.9 Å². The van der Waals surface area contributed by atoms with Crippen LogP contribution in [-0.2, 0) is 21.9 Å². The summed E-state index contributed by atoms with van der Waals surface area (Å²) in [6.45, 7) is 8.29. The number of benzene rings is 2. The summed E-state index contributed by atoms with van der Waals surface area (Å²) in [4.78, 5) is 27.4. The van der Waals surface area contributed by atoms with E-state index in [2.05, 4.69) is 17.4 Å². The van der Waals surface area contributed by atoms with E-state index in [1.165, 1.54) is 11.1 Å². The van der Waals surface area contributed by atoms with Gasteiger partial charge in [0.1, 0.15) is 6.04 Å². The highest BCUT2D eigenvalue weighted by molar-refractivity contribution is 7.99. The van der Waals surface area contributed by atoms with Crippen molar-refractivity contribution in [3.63, 3.8) is 0 Å². The van der Waals surface area contributed by atoms with E-state index in [0.717, 1.165) is 17.7 Å². The van der Waals surface area contributed by atoms with Crippen molar-refractivity contribution >= 4 is 23.6 Å². The van der Waals surface area contributed by atoms with Crippen LogP contribution in [0, 0.1) is 6.92 Å². The van der Waals surface area contributed by atoms with Crippen LogP contribution < -0.4 is 5.32 Å². The van der Waals surface area contributed by atoms with Crippen LogP contribution in [0.3, 0.4) is 0 Å². The number of carbonyl (C=O) groups excluding carboxylic acids is 2. The third-order valence-corrected chi connectivity index (χ3v) is 5.97. The Bertz CT molecular complexity index is 777. The molecule has 0 bridgehead atoms. The van der Waals surface area contributed by atoms with Crippen LogP contribution in [0.2, 0.25) is 0 Å². The summed E-state index contributed by atoms with van der Waals surface area (Å²) in [6, 6.07) is 17.8. The van der Waals surface area contributed by atoms with Gasteiger partial charge in [0.2, 0.25) is 11.8 Å². The monoisotopic (exact) mass is 412 g/mol. The lowest BCUT2D eigenvalue weighted by Gasteiger charge is -2.29. The molecule has 156 valence electrons. The maximum absolute atomic E-state index is 13.0. The van der Waals surface area contributed by atoms with Gasteiger partial charge in [0.05, 0.1) is 5.75 Å². The van der Waals surface area contributed by atoms with Crippen molar-refractivity contribution in [3.05, 3.63) is 71.3 Å². The Morgan fingerprint density at radius 3 is 2.28 bits per heavy atom. The first-order chi connectivity index (χ1) is 13.9. The van der Waals surface area contributed by atoms with E-state index in [0.29, 0.717) is 12.3 Å². The molecule has 1 N–H and O–H groups in total. The molecule has 0 aromatic heterocycles. The molecule has 29 heavy (non-hydrogen) atoms. The van der Waals surface area contributed by atoms with Gasteiger partial charge in [-0.25, -0.2) is 0 Å². The van der Waals surface area contributed by atoms with Crippen molar-refractivity contribution in [3.8, 4) is 0 Å². The number of nitrogens with one attached hydrogen (secondary N) is 1. The molecule has 0 aliphatic rings. The van der Waals surface area contributed by atoms with E-state index in [1.807, 2.05) is 70.2 Å². The first kappa shape index (κ1) is 23.0. The molecule has 0 unspecified atom stereocenters. The summed E-state index contributed by atoms with van der Waals surface area (Å²) in [5, 5.41) is 3.00. The number of rotatable bonds is 10. The number of carbonyl (C=O) groups is 2. The lowest BCUT2D eigenvalue weighted by Crippen LogP contribution is -2.50. The maximum Gasteiger partial charge on any atom is 0.242 e. The van der Waals surface area contributed by atoms with Crippen molar-refractivity contribution in [2.75, 3.05) is 5.75 Å². The summed E-state index contributed by atoms with van der Waals surface area (Å²) in [7, 11) is 0. The second-order valence-electron chi connectivity index (χ2n) is 7.48. The van der Waals surface area contributed by atoms with Crippen molar-refractivity contribution < 1.29 is 9.59 Å². The lowest BCUT2D eigenvalue weighted by atomic mass is 10.1. The predicted molar refractivity (Wildman–Crippen MR) is 122 cm³/mol. The van der Waals surface area contributed by atoms with Crippen LogP contribution in [-0.4, -0.2) is 34.6 Å². The molecule has 2 rings (SSSR count). The molecule has 0 aliphatic heterocycles. The summed E-state index contributed by atoms with van der Waals surface area (Å²) in [6.07, 6.45) is 0.858. The van der Waals surface area contributed by atoms with E-state index < -0.39 is 6.04 Å². The topological polar surface area (TPSA) is 49.4 Å². The normalized spacial score (nSPS) is 12.8. The Morgan fingerprint density at radius 1 is 1.00 bits per heavy atom. The molecule has 5 heteroatoms. The summed E-state index contributed by atoms with van der Waals surface area (Å²) >= 11 is 1.58. The molecule has 0 heterocycles. The molecule has 0 saturated carbocycles. The van der Waals surface area contributed by atoms with Gasteiger partial charge < -0.3 is 10.2 Å². The van der Waals surface area contributed by atoms with Crippen LogP contribution in [0.1, 0.15) is 43.9 Å². The summed E-state index contributed by atoms with van der Waals surface area (Å²) in [5.74, 6) is 1.01. The van der Waals surface area contributed by atoms with Crippen LogP contribution >= 0.6 is 11.8 Å². The smallest absolute Gasteiger partial charge is 0.242 e. The maximum atomic E-state index is 13.0. The van der Waals surface area contributed by atoms with Crippen LogP contribution in [0.25, 0.3) is 0 Å². The average Bonchev–Trinajstić information content (AvgIpc) is 2.73. The van der Waals surface area contributed by atoms with Crippen molar-refractivity contribution in [2.45, 2.75) is 58.5 Å². The van der Waals surface area contributed by atoms with E-state index in [4.69, 9.17) is 0 Å². The fourth-order valence-electron chi connectivity index (χ4n) is 2.85. The van der Waals surface area contributed by atoms with Crippen LogP contribution in [0.15, 0.2) is 54.6 Å². The minimum absolute atomic E-state index is 0.0155. The Hall–Kier alpha value is -2.27. The van der Waals surface area contributed by atoms with Gasteiger partial charge in [0.15, 0.2) is 0 Å². The fourth-order valence-corrected chi connectivity index (χ4v) is 3.72. The third-order valence-electron chi connectivity index (χ3n) is 4.98. The van der Waals surface area contributed by atoms with Crippen molar-refractivity contribution in [1.29, 1.82) is 0 Å². The molecule has 2 atom stereocenters. The quantitative estimate of drug-likeness (QED) is 0.622. The molecule has 4 nitrogen and oxygen atoms in total. The molecule has 0 radical (unpaired) electrons. The van der Waals surface area contributed by atoms with Crippen LogP contribution in [0.4, 0.5) is 0 Å². The number of hydrogen-bond acceptors (Lipinski definition) is 3. The molecule has 0 saturated heterocycles. The summed E-state index contributed by atoms with van der Waals surface area (Å²) in [5.41, 5.74) is 3.39. The molecule has 0 aliphatic carbocycles. The van der Waals surface area contributed by atoms with Crippen molar-refractivity contribution in [1.82, 2.24) is 10.2 Å². The molecule has 2 aromatic rings. The Labute approximate surface area is 179 Å². The Balaban J connectivity index is 2.06. The average molecular weight is 413 g/mol. The van der Waals surface area contributed by atoms with Gasteiger partial charge in [-0.15, -0.1) is 11.8 Å². The van der Waals surface area contributed by atoms with Gasteiger partial charge in [-0.1, -0.05) is 67.1 Å². The van der Waals surface area contributed by atoms with Gasteiger partial charge in [-0.2, -0.15) is 0 Å². The number of hydrogen-bond donors (Lipinski definition) is 1. The Kier molecular flexibility index (Phi) is 9.26. The minimum atomic E-state index is -0.518.